The summed E-state index contributed by atoms with van der Waals surface area (Å²) >= 11 is 0. The molecule has 0 spiro atoms. The highest BCUT2D eigenvalue weighted by molar-refractivity contribution is 5.92. The lowest BCUT2D eigenvalue weighted by Gasteiger charge is -2.24. The Hall–Kier alpha value is -3.46. The lowest BCUT2D eigenvalue weighted by molar-refractivity contribution is -0.126. The molecule has 0 fully saturated rings. The van der Waals surface area contributed by atoms with Gasteiger partial charge in [-0.05, 0) is 48.4 Å². The van der Waals surface area contributed by atoms with Crippen LogP contribution in [0.1, 0.15) is 24.1 Å². The third-order valence-corrected chi connectivity index (χ3v) is 4.43. The Labute approximate surface area is 165 Å². The maximum Gasteiger partial charge on any atom is 0.246 e. The number of nitrogens with zero attached hydrogens (tertiary/aromatic N) is 2. The van der Waals surface area contributed by atoms with Gasteiger partial charge in [0, 0.05) is 13.1 Å². The number of likely N-dealkylation sites (N-methyl/N-ethyl adjacent to an activating group) is 1. The topological polar surface area (TPSA) is 71.8 Å². The molecule has 2 aromatic rings. The van der Waals surface area contributed by atoms with Gasteiger partial charge in [-0.15, -0.1) is 0 Å². The molecule has 6 heteroatoms. The fourth-order valence-electron chi connectivity index (χ4n) is 2.60. The molecule has 2 rings (SSSR count). The summed E-state index contributed by atoms with van der Waals surface area (Å²) in [5.41, 5.74) is 1.81. The second-order valence-corrected chi connectivity index (χ2v) is 6.09. The van der Waals surface area contributed by atoms with E-state index in [1.807, 2.05) is 37.3 Å². The molecule has 0 N–H and O–H groups in total. The first kappa shape index (κ1) is 20.8. The standard InChI is InChI=1S/C22H24N2O4/c1-16(18-7-9-19(26-3)10-8-18)24(2)22(25)12-6-17-5-11-20(28-14-13-23)21(15-17)27-4/h5-12,15-16H,14H2,1-4H3/b12-6+. The quantitative estimate of drug-likeness (QED) is 0.651. The second kappa shape index (κ2) is 10.0. The fourth-order valence-corrected chi connectivity index (χ4v) is 2.60. The van der Waals surface area contributed by atoms with Gasteiger partial charge in [0.25, 0.3) is 0 Å². The van der Waals surface area contributed by atoms with Crippen molar-refractivity contribution >= 4 is 12.0 Å². The van der Waals surface area contributed by atoms with Gasteiger partial charge in [-0.2, -0.15) is 5.26 Å². The molecule has 0 bridgehead atoms. The van der Waals surface area contributed by atoms with Gasteiger partial charge in [0.05, 0.1) is 20.3 Å². The van der Waals surface area contributed by atoms with Crippen LogP contribution in [-0.4, -0.2) is 38.7 Å². The first-order valence-corrected chi connectivity index (χ1v) is 8.76. The van der Waals surface area contributed by atoms with Crippen molar-refractivity contribution in [3.05, 3.63) is 59.7 Å². The summed E-state index contributed by atoms with van der Waals surface area (Å²) in [6, 6.07) is 14.7. The first-order chi connectivity index (χ1) is 13.5. The van der Waals surface area contributed by atoms with Crippen molar-refractivity contribution in [1.29, 1.82) is 5.26 Å². The molecule has 0 aliphatic heterocycles. The molecule has 0 aliphatic rings. The summed E-state index contributed by atoms with van der Waals surface area (Å²) in [7, 11) is 4.91. The smallest absolute Gasteiger partial charge is 0.246 e. The molecular formula is C22H24N2O4. The van der Waals surface area contributed by atoms with E-state index in [1.54, 1.807) is 43.3 Å². The predicted octanol–water partition coefficient (Wildman–Crippen LogP) is 3.84. The highest BCUT2D eigenvalue weighted by Crippen LogP contribution is 2.28. The molecule has 0 aromatic heterocycles. The van der Waals surface area contributed by atoms with E-state index in [1.165, 1.54) is 13.2 Å². The number of carbonyl (C=O) groups excluding carboxylic acids is 1. The highest BCUT2D eigenvalue weighted by Gasteiger charge is 2.15. The predicted molar refractivity (Wildman–Crippen MR) is 107 cm³/mol. The van der Waals surface area contributed by atoms with E-state index in [2.05, 4.69) is 0 Å². The zero-order valence-corrected chi connectivity index (χ0v) is 16.5. The molecule has 0 saturated carbocycles. The van der Waals surface area contributed by atoms with Crippen molar-refractivity contribution in [2.24, 2.45) is 0 Å². The van der Waals surface area contributed by atoms with Gasteiger partial charge in [0.15, 0.2) is 18.1 Å². The molecule has 1 unspecified atom stereocenters. The Kier molecular flexibility index (Phi) is 7.46. The van der Waals surface area contributed by atoms with Gasteiger partial charge < -0.3 is 19.1 Å². The van der Waals surface area contributed by atoms with Crippen LogP contribution in [0.5, 0.6) is 17.2 Å². The number of benzene rings is 2. The highest BCUT2D eigenvalue weighted by atomic mass is 16.5. The second-order valence-electron chi connectivity index (χ2n) is 6.09. The monoisotopic (exact) mass is 380 g/mol. The van der Waals surface area contributed by atoms with E-state index in [0.717, 1.165) is 16.9 Å². The summed E-state index contributed by atoms with van der Waals surface area (Å²) in [6.45, 7) is 1.91. The van der Waals surface area contributed by atoms with Crippen LogP contribution in [0, 0.1) is 11.3 Å². The number of nitriles is 1. The Morgan fingerprint density at radius 3 is 2.46 bits per heavy atom. The van der Waals surface area contributed by atoms with Crippen molar-refractivity contribution in [2.45, 2.75) is 13.0 Å². The SMILES string of the molecule is COc1ccc(C(C)N(C)C(=O)/C=C/c2ccc(OCC#N)c(OC)c2)cc1. The molecule has 0 heterocycles. The van der Waals surface area contributed by atoms with Crippen LogP contribution in [0.2, 0.25) is 0 Å². The minimum absolute atomic E-state index is 0.0575. The minimum Gasteiger partial charge on any atom is -0.497 e. The van der Waals surface area contributed by atoms with Gasteiger partial charge in [0.2, 0.25) is 5.91 Å². The number of hydrogen-bond donors (Lipinski definition) is 0. The van der Waals surface area contributed by atoms with Gasteiger partial charge in [0.1, 0.15) is 11.8 Å². The number of methoxy groups -OCH3 is 2. The lowest BCUT2D eigenvalue weighted by Crippen LogP contribution is -2.27. The average molecular weight is 380 g/mol. The van der Waals surface area contributed by atoms with Crippen LogP contribution in [0.15, 0.2) is 48.5 Å². The van der Waals surface area contributed by atoms with E-state index in [9.17, 15) is 4.79 Å². The zero-order chi connectivity index (χ0) is 20.5. The molecular weight excluding hydrogens is 356 g/mol. The maximum atomic E-state index is 12.5. The Morgan fingerprint density at radius 1 is 1.14 bits per heavy atom. The van der Waals surface area contributed by atoms with Crippen molar-refractivity contribution in [3.8, 4) is 23.3 Å². The van der Waals surface area contributed by atoms with E-state index < -0.39 is 0 Å². The van der Waals surface area contributed by atoms with E-state index in [-0.39, 0.29) is 18.6 Å². The van der Waals surface area contributed by atoms with E-state index in [4.69, 9.17) is 19.5 Å². The van der Waals surface area contributed by atoms with Crippen LogP contribution in [0.4, 0.5) is 0 Å². The molecule has 0 aliphatic carbocycles. The zero-order valence-electron chi connectivity index (χ0n) is 16.5. The fraction of sp³-hybridized carbons (Fsp3) is 0.273. The van der Waals surface area contributed by atoms with Gasteiger partial charge >= 0.3 is 0 Å². The van der Waals surface area contributed by atoms with Crippen LogP contribution < -0.4 is 14.2 Å². The summed E-state index contributed by atoms with van der Waals surface area (Å²) in [5.74, 6) is 1.65. The van der Waals surface area contributed by atoms with Gasteiger partial charge in [-0.3, -0.25) is 4.79 Å². The first-order valence-electron chi connectivity index (χ1n) is 8.76. The molecule has 146 valence electrons. The van der Waals surface area contributed by atoms with Crippen molar-refractivity contribution in [2.75, 3.05) is 27.9 Å². The largest absolute Gasteiger partial charge is 0.497 e. The Balaban J connectivity index is 2.07. The maximum absolute atomic E-state index is 12.5. The molecule has 1 amide bonds. The number of rotatable bonds is 8. The number of hydrogen-bond acceptors (Lipinski definition) is 5. The van der Waals surface area contributed by atoms with E-state index in [0.29, 0.717) is 11.5 Å². The van der Waals surface area contributed by atoms with Crippen molar-refractivity contribution in [1.82, 2.24) is 4.90 Å². The third kappa shape index (κ3) is 5.27. The average Bonchev–Trinajstić information content (AvgIpc) is 2.75. The summed E-state index contributed by atoms with van der Waals surface area (Å²) in [4.78, 5) is 14.2. The van der Waals surface area contributed by atoms with Crippen molar-refractivity contribution < 1.29 is 19.0 Å². The molecule has 2 aromatic carbocycles. The van der Waals surface area contributed by atoms with E-state index >= 15 is 0 Å². The third-order valence-electron chi connectivity index (χ3n) is 4.43. The van der Waals surface area contributed by atoms with Crippen LogP contribution >= 0.6 is 0 Å². The van der Waals surface area contributed by atoms with Gasteiger partial charge in [-0.25, -0.2) is 0 Å². The van der Waals surface area contributed by atoms with Crippen LogP contribution in [0.25, 0.3) is 6.08 Å². The van der Waals surface area contributed by atoms with Crippen LogP contribution in [0.3, 0.4) is 0 Å². The summed E-state index contributed by atoms with van der Waals surface area (Å²) < 4.78 is 15.7. The molecule has 1 atom stereocenters. The number of amides is 1. The molecule has 0 radical (unpaired) electrons. The van der Waals surface area contributed by atoms with Gasteiger partial charge in [-0.1, -0.05) is 18.2 Å². The molecule has 0 saturated heterocycles. The normalized spacial score (nSPS) is 11.5. The van der Waals surface area contributed by atoms with Crippen molar-refractivity contribution in [3.63, 3.8) is 0 Å². The minimum atomic E-state index is -0.118. The lowest BCUT2D eigenvalue weighted by atomic mass is 10.1. The number of ether oxygens (including phenoxy) is 3. The van der Waals surface area contributed by atoms with Crippen LogP contribution in [-0.2, 0) is 4.79 Å². The Bertz CT molecular complexity index is 869. The molecule has 28 heavy (non-hydrogen) atoms. The molecule has 6 nitrogen and oxygen atoms in total. The number of carbonyl (C=O) groups is 1. The summed E-state index contributed by atoms with van der Waals surface area (Å²) in [6.07, 6.45) is 3.24. The Morgan fingerprint density at radius 2 is 1.86 bits per heavy atom. The summed E-state index contributed by atoms with van der Waals surface area (Å²) in [5, 5.41) is 8.62.